The van der Waals surface area contributed by atoms with E-state index in [9.17, 15) is 8.42 Å². The number of nitrogens with one attached hydrogen (secondary N) is 1. The van der Waals surface area contributed by atoms with Gasteiger partial charge < -0.3 is 10.5 Å². The molecule has 0 atom stereocenters. The average molecular weight is 256 g/mol. The Hall–Kier alpha value is -1.43. The number of anilines is 2. The molecule has 2 rings (SSSR count). The summed E-state index contributed by atoms with van der Waals surface area (Å²) in [6.07, 6.45) is 1.99. The summed E-state index contributed by atoms with van der Waals surface area (Å²) in [5.74, 6) is 0.948. The lowest BCUT2D eigenvalue weighted by molar-refractivity contribution is 0.417. The first-order valence-corrected chi connectivity index (χ1v) is 7.09. The monoisotopic (exact) mass is 256 g/mol. The van der Waals surface area contributed by atoms with Gasteiger partial charge >= 0.3 is 0 Å². The molecule has 1 aliphatic carbocycles. The van der Waals surface area contributed by atoms with Gasteiger partial charge in [0.25, 0.3) is 0 Å². The fraction of sp³-hybridized carbons (Fsp3) is 0.455. The van der Waals surface area contributed by atoms with Gasteiger partial charge in [0, 0.05) is 5.69 Å². The maximum Gasteiger partial charge on any atom is 0.233 e. The van der Waals surface area contributed by atoms with Crippen LogP contribution in [0.1, 0.15) is 12.8 Å². The smallest absolute Gasteiger partial charge is 0.233 e. The van der Waals surface area contributed by atoms with E-state index < -0.39 is 10.0 Å². The second-order valence-corrected chi connectivity index (χ2v) is 6.05. The Bertz CT molecular complexity index is 509. The van der Waals surface area contributed by atoms with Crippen LogP contribution in [0, 0.1) is 5.92 Å². The van der Waals surface area contributed by atoms with Crippen molar-refractivity contribution >= 4 is 21.4 Å². The summed E-state index contributed by atoms with van der Waals surface area (Å²) in [5.41, 5.74) is 6.52. The first-order chi connectivity index (χ1) is 8.00. The highest BCUT2D eigenvalue weighted by Crippen LogP contribution is 2.32. The average Bonchev–Trinajstić information content (AvgIpc) is 3.00. The SMILES string of the molecule is COc1ccc(N)cc1NS(=O)(=O)CC1CC1. The molecule has 1 saturated carbocycles. The van der Waals surface area contributed by atoms with Gasteiger partial charge in [-0.15, -0.1) is 0 Å². The zero-order valence-corrected chi connectivity index (χ0v) is 10.5. The molecule has 1 aromatic rings. The molecule has 0 aliphatic heterocycles. The van der Waals surface area contributed by atoms with E-state index in [1.54, 1.807) is 18.2 Å². The second-order valence-electron chi connectivity index (χ2n) is 4.29. The van der Waals surface area contributed by atoms with Crippen LogP contribution in [0.5, 0.6) is 5.75 Å². The van der Waals surface area contributed by atoms with Gasteiger partial charge in [0.2, 0.25) is 10.0 Å². The van der Waals surface area contributed by atoms with Gasteiger partial charge in [0.05, 0.1) is 18.6 Å². The molecule has 1 fully saturated rings. The van der Waals surface area contributed by atoms with Gasteiger partial charge in [0.15, 0.2) is 0 Å². The van der Waals surface area contributed by atoms with Gasteiger partial charge in [-0.25, -0.2) is 8.42 Å². The number of rotatable bonds is 5. The molecular formula is C11H16N2O3S. The van der Waals surface area contributed by atoms with Crippen molar-refractivity contribution < 1.29 is 13.2 Å². The van der Waals surface area contributed by atoms with Crippen LogP contribution < -0.4 is 15.2 Å². The lowest BCUT2D eigenvalue weighted by Crippen LogP contribution is -2.18. The second kappa shape index (κ2) is 4.44. The van der Waals surface area contributed by atoms with Crippen molar-refractivity contribution in [2.24, 2.45) is 5.92 Å². The molecule has 5 nitrogen and oxygen atoms in total. The zero-order chi connectivity index (χ0) is 12.5. The number of benzene rings is 1. The fourth-order valence-corrected chi connectivity index (χ4v) is 3.14. The summed E-state index contributed by atoms with van der Waals surface area (Å²) in [6, 6.07) is 4.87. The Kier molecular flexibility index (Phi) is 3.15. The van der Waals surface area contributed by atoms with Crippen LogP contribution in [-0.4, -0.2) is 21.3 Å². The van der Waals surface area contributed by atoms with E-state index in [2.05, 4.69) is 4.72 Å². The van der Waals surface area contributed by atoms with E-state index in [-0.39, 0.29) is 5.75 Å². The summed E-state index contributed by atoms with van der Waals surface area (Å²) in [5, 5.41) is 0. The van der Waals surface area contributed by atoms with Crippen LogP contribution in [0.15, 0.2) is 18.2 Å². The van der Waals surface area contributed by atoms with Gasteiger partial charge in [-0.3, -0.25) is 4.72 Å². The topological polar surface area (TPSA) is 81.4 Å². The molecule has 1 aliphatic rings. The van der Waals surface area contributed by atoms with Crippen LogP contribution >= 0.6 is 0 Å². The van der Waals surface area contributed by atoms with Crippen LogP contribution in [0.3, 0.4) is 0 Å². The molecule has 0 spiro atoms. The third kappa shape index (κ3) is 3.26. The largest absolute Gasteiger partial charge is 0.495 e. The molecule has 6 heteroatoms. The first-order valence-electron chi connectivity index (χ1n) is 5.44. The molecule has 0 amide bonds. The number of hydrogen-bond donors (Lipinski definition) is 2. The molecule has 94 valence electrons. The summed E-state index contributed by atoms with van der Waals surface area (Å²) >= 11 is 0. The van der Waals surface area contributed by atoms with Gasteiger partial charge in [-0.1, -0.05) is 0 Å². The Morgan fingerprint density at radius 3 is 2.76 bits per heavy atom. The van der Waals surface area contributed by atoms with Crippen molar-refractivity contribution in [3.8, 4) is 5.75 Å². The highest BCUT2D eigenvalue weighted by atomic mass is 32.2. The van der Waals surface area contributed by atoms with E-state index in [1.165, 1.54) is 7.11 Å². The minimum Gasteiger partial charge on any atom is -0.495 e. The molecule has 0 unspecified atom stereocenters. The molecule has 0 saturated heterocycles. The van der Waals surface area contributed by atoms with E-state index in [1.807, 2.05) is 0 Å². The third-order valence-corrected chi connectivity index (χ3v) is 4.08. The highest BCUT2D eigenvalue weighted by molar-refractivity contribution is 7.92. The fourth-order valence-electron chi connectivity index (χ4n) is 1.61. The van der Waals surface area contributed by atoms with Crippen LogP contribution in [0.4, 0.5) is 11.4 Å². The van der Waals surface area contributed by atoms with E-state index >= 15 is 0 Å². The van der Waals surface area contributed by atoms with E-state index in [0.717, 1.165) is 12.8 Å². The number of methoxy groups -OCH3 is 1. The maximum atomic E-state index is 11.8. The first kappa shape index (κ1) is 12.0. The molecule has 3 N–H and O–H groups in total. The third-order valence-electron chi connectivity index (χ3n) is 2.64. The Morgan fingerprint density at radius 2 is 2.18 bits per heavy atom. The van der Waals surface area contributed by atoms with E-state index in [4.69, 9.17) is 10.5 Å². The van der Waals surface area contributed by atoms with Gasteiger partial charge in [0.1, 0.15) is 5.75 Å². The zero-order valence-electron chi connectivity index (χ0n) is 9.64. The van der Waals surface area contributed by atoms with Crippen LogP contribution in [-0.2, 0) is 10.0 Å². The Balaban J connectivity index is 2.18. The number of hydrogen-bond acceptors (Lipinski definition) is 4. The van der Waals surface area contributed by atoms with Crippen molar-refractivity contribution in [1.29, 1.82) is 0 Å². The molecular weight excluding hydrogens is 240 g/mol. The molecule has 0 heterocycles. The van der Waals surface area contributed by atoms with Crippen molar-refractivity contribution in [3.05, 3.63) is 18.2 Å². The molecule has 17 heavy (non-hydrogen) atoms. The summed E-state index contributed by atoms with van der Waals surface area (Å²) in [7, 11) is -1.82. The normalized spacial score (nSPS) is 15.6. The Labute approximate surface area is 101 Å². The Morgan fingerprint density at radius 1 is 1.47 bits per heavy atom. The minimum atomic E-state index is -3.31. The number of nitrogens with two attached hydrogens (primary N) is 1. The lowest BCUT2D eigenvalue weighted by Gasteiger charge is -2.12. The standard InChI is InChI=1S/C11H16N2O3S/c1-16-11-5-4-9(12)6-10(11)13-17(14,15)7-8-2-3-8/h4-6,8,13H,2-3,7,12H2,1H3. The van der Waals surface area contributed by atoms with Crippen molar-refractivity contribution in [2.75, 3.05) is 23.3 Å². The van der Waals surface area contributed by atoms with Crippen molar-refractivity contribution in [1.82, 2.24) is 0 Å². The highest BCUT2D eigenvalue weighted by Gasteiger charge is 2.28. The summed E-state index contributed by atoms with van der Waals surface area (Å²) in [4.78, 5) is 0. The summed E-state index contributed by atoms with van der Waals surface area (Å²) in [6.45, 7) is 0. The lowest BCUT2D eigenvalue weighted by atomic mass is 10.2. The quantitative estimate of drug-likeness (QED) is 0.781. The number of nitrogen functional groups attached to an aromatic ring is 1. The number of ether oxygens (including phenoxy) is 1. The van der Waals surface area contributed by atoms with Gasteiger partial charge in [-0.05, 0) is 37.0 Å². The molecule has 0 aromatic heterocycles. The van der Waals surface area contributed by atoms with Crippen LogP contribution in [0.2, 0.25) is 0 Å². The predicted molar refractivity (Wildman–Crippen MR) is 67.5 cm³/mol. The molecule has 0 radical (unpaired) electrons. The van der Waals surface area contributed by atoms with Gasteiger partial charge in [-0.2, -0.15) is 0 Å². The maximum absolute atomic E-state index is 11.8. The van der Waals surface area contributed by atoms with Crippen molar-refractivity contribution in [2.45, 2.75) is 12.8 Å². The minimum absolute atomic E-state index is 0.172. The number of sulfonamides is 1. The predicted octanol–water partition coefficient (Wildman–Crippen LogP) is 1.43. The molecule has 0 bridgehead atoms. The van der Waals surface area contributed by atoms with Crippen molar-refractivity contribution in [3.63, 3.8) is 0 Å². The summed E-state index contributed by atoms with van der Waals surface area (Å²) < 4.78 is 31.2. The molecule has 1 aromatic carbocycles. The van der Waals surface area contributed by atoms with E-state index in [0.29, 0.717) is 23.0 Å². The van der Waals surface area contributed by atoms with Crippen LogP contribution in [0.25, 0.3) is 0 Å².